The first-order chi connectivity index (χ1) is 7.66. The third-order valence-electron chi connectivity index (χ3n) is 3.30. The molecule has 1 aliphatic heterocycles. The number of rotatable bonds is 3. The van der Waals surface area contributed by atoms with Crippen molar-refractivity contribution in [2.24, 2.45) is 0 Å². The van der Waals surface area contributed by atoms with Gasteiger partial charge in [-0.2, -0.15) is 5.10 Å². The number of nitrogens with zero attached hydrogens (tertiary/aromatic N) is 3. The van der Waals surface area contributed by atoms with Gasteiger partial charge in [-0.1, -0.05) is 6.42 Å². The fraction of sp³-hybridized carbons (Fsp3) is 0.727. The summed E-state index contributed by atoms with van der Waals surface area (Å²) in [6, 6.07) is 2.72. The fourth-order valence-electron chi connectivity index (χ4n) is 2.30. The minimum Gasteiger partial charge on any atom is -0.303 e. The maximum Gasteiger partial charge on any atom is 0.129 e. The van der Waals surface area contributed by atoms with Crippen LogP contribution in [0.1, 0.15) is 25.7 Å². The Kier molecular flexibility index (Phi) is 4.44. The zero-order valence-electron chi connectivity index (χ0n) is 9.49. The number of likely N-dealkylation sites (tertiary alicyclic amines) is 1. The topological polar surface area (TPSA) is 21.1 Å². The molecule has 0 amide bonds. The summed E-state index contributed by atoms with van der Waals surface area (Å²) in [6.07, 6.45) is 5.24. The van der Waals surface area contributed by atoms with E-state index in [4.69, 9.17) is 0 Å². The second kappa shape index (κ2) is 5.65. The van der Waals surface area contributed by atoms with Crippen molar-refractivity contribution in [3.05, 3.63) is 15.3 Å². The maximum atomic E-state index is 4.39. The van der Waals surface area contributed by atoms with Crippen LogP contribution in [-0.4, -0.2) is 34.3 Å². The van der Waals surface area contributed by atoms with Crippen molar-refractivity contribution in [2.75, 3.05) is 13.6 Å². The number of hydrogen-bond acceptors (Lipinski definition) is 2. The molecule has 3 nitrogen and oxygen atoms in total. The molecule has 0 aromatic carbocycles. The molecule has 0 spiro atoms. The smallest absolute Gasteiger partial charge is 0.129 e. The lowest BCUT2D eigenvalue weighted by molar-refractivity contribution is 0.169. The van der Waals surface area contributed by atoms with Gasteiger partial charge in [0.05, 0.1) is 0 Å². The van der Waals surface area contributed by atoms with Crippen LogP contribution in [0, 0.1) is 0 Å². The highest BCUT2D eigenvalue weighted by molar-refractivity contribution is 9.11. The van der Waals surface area contributed by atoms with Gasteiger partial charge >= 0.3 is 0 Å². The van der Waals surface area contributed by atoms with Crippen molar-refractivity contribution >= 4 is 31.9 Å². The van der Waals surface area contributed by atoms with Gasteiger partial charge in [-0.3, -0.25) is 4.68 Å². The quantitative estimate of drug-likeness (QED) is 0.834. The van der Waals surface area contributed by atoms with E-state index in [1.807, 2.05) is 10.7 Å². The third-order valence-corrected chi connectivity index (χ3v) is 4.32. The van der Waals surface area contributed by atoms with Crippen LogP contribution in [0.25, 0.3) is 0 Å². The van der Waals surface area contributed by atoms with Crippen molar-refractivity contribution in [3.8, 4) is 0 Å². The van der Waals surface area contributed by atoms with Crippen molar-refractivity contribution in [3.63, 3.8) is 0 Å². The summed E-state index contributed by atoms with van der Waals surface area (Å²) in [4.78, 5) is 2.48. The Morgan fingerprint density at radius 1 is 1.44 bits per heavy atom. The van der Waals surface area contributed by atoms with Crippen LogP contribution < -0.4 is 0 Å². The minimum absolute atomic E-state index is 0.726. The highest BCUT2D eigenvalue weighted by Gasteiger charge is 2.18. The van der Waals surface area contributed by atoms with Gasteiger partial charge in [-0.15, -0.1) is 0 Å². The van der Waals surface area contributed by atoms with E-state index >= 15 is 0 Å². The predicted molar refractivity (Wildman–Crippen MR) is 72.5 cm³/mol. The van der Waals surface area contributed by atoms with E-state index < -0.39 is 0 Å². The van der Waals surface area contributed by atoms with Gasteiger partial charge in [0.25, 0.3) is 0 Å². The van der Waals surface area contributed by atoms with Gasteiger partial charge in [-0.05, 0) is 64.7 Å². The highest BCUT2D eigenvalue weighted by atomic mass is 79.9. The van der Waals surface area contributed by atoms with Gasteiger partial charge in [0.2, 0.25) is 0 Å². The second-order valence-electron chi connectivity index (χ2n) is 4.43. The Morgan fingerprint density at radius 2 is 2.25 bits per heavy atom. The molecule has 1 saturated heterocycles. The minimum atomic E-state index is 0.726. The Bertz CT molecular complexity index is 351. The lowest BCUT2D eigenvalue weighted by atomic mass is 10.0. The van der Waals surface area contributed by atoms with E-state index in [-0.39, 0.29) is 0 Å². The largest absolute Gasteiger partial charge is 0.303 e. The van der Waals surface area contributed by atoms with Crippen LogP contribution in [-0.2, 0) is 6.54 Å². The van der Waals surface area contributed by atoms with Crippen LogP contribution >= 0.6 is 31.9 Å². The predicted octanol–water partition coefficient (Wildman–Crippen LogP) is 3.28. The first-order valence-corrected chi connectivity index (χ1v) is 7.34. The van der Waals surface area contributed by atoms with Crippen molar-refractivity contribution < 1.29 is 0 Å². The van der Waals surface area contributed by atoms with Crippen molar-refractivity contribution in [1.29, 1.82) is 0 Å². The summed E-state index contributed by atoms with van der Waals surface area (Å²) in [5, 5.41) is 4.39. The standard InChI is InChI=1S/C11H17Br2N3/c1-15-6-3-2-4-9(15)5-7-16-11(13)8-10(12)14-16/h8-9H,2-7H2,1H3. The van der Waals surface area contributed by atoms with Crippen LogP contribution in [0.4, 0.5) is 0 Å². The van der Waals surface area contributed by atoms with E-state index in [1.165, 1.54) is 32.2 Å². The van der Waals surface area contributed by atoms with Crippen molar-refractivity contribution in [2.45, 2.75) is 38.3 Å². The van der Waals surface area contributed by atoms with Crippen LogP contribution in [0.5, 0.6) is 0 Å². The number of aryl methyl sites for hydroxylation is 1. The van der Waals surface area contributed by atoms with Crippen LogP contribution in [0.2, 0.25) is 0 Å². The molecule has 1 atom stereocenters. The Labute approximate surface area is 113 Å². The lowest BCUT2D eigenvalue weighted by Gasteiger charge is -2.32. The molecule has 16 heavy (non-hydrogen) atoms. The second-order valence-corrected chi connectivity index (χ2v) is 6.06. The molecule has 1 unspecified atom stereocenters. The molecule has 5 heteroatoms. The number of hydrogen-bond donors (Lipinski definition) is 0. The van der Waals surface area contributed by atoms with E-state index in [1.54, 1.807) is 0 Å². The van der Waals surface area contributed by atoms with Gasteiger partial charge < -0.3 is 4.90 Å². The summed E-state index contributed by atoms with van der Waals surface area (Å²) in [7, 11) is 2.23. The van der Waals surface area contributed by atoms with E-state index in [9.17, 15) is 0 Å². The Balaban J connectivity index is 1.89. The molecule has 1 aliphatic rings. The maximum absolute atomic E-state index is 4.39. The average molecular weight is 351 g/mol. The molecule has 0 saturated carbocycles. The first kappa shape index (κ1) is 12.6. The molecule has 2 heterocycles. The van der Waals surface area contributed by atoms with E-state index in [2.05, 4.69) is 48.9 Å². The summed E-state index contributed by atoms with van der Waals surface area (Å²) in [5.74, 6) is 0. The van der Waals surface area contributed by atoms with E-state index in [0.29, 0.717) is 0 Å². The molecule has 1 aromatic heterocycles. The molecule has 1 aromatic rings. The Hall–Kier alpha value is 0.130. The average Bonchev–Trinajstić information content (AvgIpc) is 2.56. The molecule has 0 N–H and O–H groups in total. The van der Waals surface area contributed by atoms with Gasteiger partial charge in [-0.25, -0.2) is 0 Å². The van der Waals surface area contributed by atoms with Crippen LogP contribution in [0.3, 0.4) is 0 Å². The summed E-state index contributed by atoms with van der Waals surface area (Å²) in [6.45, 7) is 2.23. The summed E-state index contributed by atoms with van der Waals surface area (Å²) >= 11 is 6.90. The molecule has 0 radical (unpaired) electrons. The monoisotopic (exact) mass is 349 g/mol. The Morgan fingerprint density at radius 3 is 2.88 bits per heavy atom. The van der Waals surface area contributed by atoms with Crippen molar-refractivity contribution in [1.82, 2.24) is 14.7 Å². The molecule has 1 fully saturated rings. The third kappa shape index (κ3) is 3.08. The van der Waals surface area contributed by atoms with E-state index in [0.717, 1.165) is 21.8 Å². The van der Waals surface area contributed by atoms with Gasteiger partial charge in [0.15, 0.2) is 0 Å². The fourth-order valence-corrected chi connectivity index (χ4v) is 3.49. The molecule has 90 valence electrons. The molecule has 0 bridgehead atoms. The SMILES string of the molecule is CN1CCCCC1CCn1nc(Br)cc1Br. The highest BCUT2D eigenvalue weighted by Crippen LogP contribution is 2.21. The first-order valence-electron chi connectivity index (χ1n) is 5.76. The molecular formula is C11H17Br2N3. The molecule has 0 aliphatic carbocycles. The van der Waals surface area contributed by atoms with Gasteiger partial charge in [0, 0.05) is 18.7 Å². The molecule has 2 rings (SSSR count). The summed E-state index contributed by atoms with van der Waals surface area (Å²) < 4.78 is 3.97. The number of halogens is 2. The van der Waals surface area contributed by atoms with Gasteiger partial charge in [0.1, 0.15) is 9.21 Å². The number of piperidine rings is 1. The zero-order chi connectivity index (χ0) is 11.5. The normalized spacial score (nSPS) is 22.6. The zero-order valence-corrected chi connectivity index (χ0v) is 12.7. The lowest BCUT2D eigenvalue weighted by Crippen LogP contribution is -2.36. The van der Waals surface area contributed by atoms with Crippen LogP contribution in [0.15, 0.2) is 15.3 Å². The molecular weight excluding hydrogens is 334 g/mol. The number of aromatic nitrogens is 2. The summed E-state index contributed by atoms with van der Waals surface area (Å²) in [5.41, 5.74) is 0.